The maximum atomic E-state index is 12.5. The second-order valence-electron chi connectivity index (χ2n) is 4.20. The van der Waals surface area contributed by atoms with Crippen molar-refractivity contribution in [1.29, 1.82) is 0 Å². The van der Waals surface area contributed by atoms with Crippen LogP contribution in [0.1, 0.15) is 21.7 Å². The van der Waals surface area contributed by atoms with Crippen LogP contribution in [-0.4, -0.2) is 48.7 Å². The third kappa shape index (κ3) is 4.04. The maximum Gasteiger partial charge on any atom is 0.455 e. The van der Waals surface area contributed by atoms with E-state index in [0.717, 1.165) is 0 Å². The largest absolute Gasteiger partial charge is 0.455 e. The van der Waals surface area contributed by atoms with Crippen molar-refractivity contribution in [3.63, 3.8) is 0 Å². The van der Waals surface area contributed by atoms with Gasteiger partial charge >= 0.3 is 6.18 Å². The van der Waals surface area contributed by atoms with Gasteiger partial charge in [0.1, 0.15) is 0 Å². The number of ether oxygens (including phenoxy) is 2. The Hall–Kier alpha value is -1.41. The standard InChI is InChI=1S/C12H17F3N2O3/c1-8-10(11(18)12(13,14)15)9(2)17(16-8)4-5-20-7-6-19-3/h4-7H2,1-3H3. The second-order valence-corrected chi connectivity index (χ2v) is 4.20. The van der Waals surface area contributed by atoms with Gasteiger partial charge in [0, 0.05) is 12.8 Å². The van der Waals surface area contributed by atoms with E-state index < -0.39 is 12.0 Å². The molecule has 5 nitrogen and oxygen atoms in total. The summed E-state index contributed by atoms with van der Waals surface area (Å²) in [7, 11) is 1.54. The first-order chi connectivity index (χ1) is 9.29. The molecular weight excluding hydrogens is 277 g/mol. The Morgan fingerprint density at radius 3 is 2.45 bits per heavy atom. The fourth-order valence-corrected chi connectivity index (χ4v) is 1.78. The zero-order chi connectivity index (χ0) is 15.3. The van der Waals surface area contributed by atoms with E-state index in [4.69, 9.17) is 9.47 Å². The molecule has 1 heterocycles. The normalized spacial score (nSPS) is 11.9. The molecule has 0 aromatic carbocycles. The molecule has 114 valence electrons. The first-order valence-corrected chi connectivity index (χ1v) is 6.01. The molecule has 0 amide bonds. The molecule has 8 heteroatoms. The Kier molecular flexibility index (Phi) is 5.70. The van der Waals surface area contributed by atoms with Crippen LogP contribution < -0.4 is 0 Å². The monoisotopic (exact) mass is 294 g/mol. The summed E-state index contributed by atoms with van der Waals surface area (Å²) in [6.45, 7) is 4.22. The molecule has 0 atom stereocenters. The lowest BCUT2D eigenvalue weighted by molar-refractivity contribution is -0.0886. The van der Waals surface area contributed by atoms with Crippen LogP contribution >= 0.6 is 0 Å². The lowest BCUT2D eigenvalue weighted by Gasteiger charge is -2.07. The minimum Gasteiger partial charge on any atom is -0.382 e. The van der Waals surface area contributed by atoms with Crippen LogP contribution in [0.25, 0.3) is 0 Å². The van der Waals surface area contributed by atoms with Gasteiger partial charge in [-0.1, -0.05) is 0 Å². The highest BCUT2D eigenvalue weighted by Gasteiger charge is 2.42. The summed E-state index contributed by atoms with van der Waals surface area (Å²) < 4.78 is 48.8. The molecule has 0 N–H and O–H groups in total. The number of carbonyl (C=O) groups is 1. The number of hydrogen-bond acceptors (Lipinski definition) is 4. The van der Waals surface area contributed by atoms with Crippen molar-refractivity contribution < 1.29 is 27.4 Å². The van der Waals surface area contributed by atoms with Gasteiger partial charge in [0.15, 0.2) is 0 Å². The van der Waals surface area contributed by atoms with E-state index in [1.807, 2.05) is 0 Å². The quantitative estimate of drug-likeness (QED) is 0.569. The number of hydrogen-bond donors (Lipinski definition) is 0. The fraction of sp³-hybridized carbons (Fsp3) is 0.667. The highest BCUT2D eigenvalue weighted by Crippen LogP contribution is 2.25. The molecule has 1 rings (SSSR count). The van der Waals surface area contributed by atoms with Gasteiger partial charge in [0.2, 0.25) is 0 Å². The minimum atomic E-state index is -4.89. The van der Waals surface area contributed by atoms with Crippen molar-refractivity contribution in [3.05, 3.63) is 17.0 Å². The zero-order valence-electron chi connectivity index (χ0n) is 11.6. The smallest absolute Gasteiger partial charge is 0.382 e. The van der Waals surface area contributed by atoms with E-state index in [1.54, 1.807) is 7.11 Å². The number of aromatic nitrogens is 2. The predicted octanol–water partition coefficient (Wildman–Crippen LogP) is 1.91. The molecule has 0 saturated heterocycles. The van der Waals surface area contributed by atoms with Crippen molar-refractivity contribution in [1.82, 2.24) is 9.78 Å². The van der Waals surface area contributed by atoms with E-state index >= 15 is 0 Å². The zero-order valence-corrected chi connectivity index (χ0v) is 11.6. The summed E-state index contributed by atoms with van der Waals surface area (Å²) in [4.78, 5) is 11.3. The summed E-state index contributed by atoms with van der Waals surface area (Å²) in [6, 6.07) is 0. The van der Waals surface area contributed by atoms with Crippen molar-refractivity contribution in [2.24, 2.45) is 0 Å². The van der Waals surface area contributed by atoms with Gasteiger partial charge in [-0.25, -0.2) is 0 Å². The first kappa shape index (κ1) is 16.6. The topological polar surface area (TPSA) is 53.4 Å². The Bertz CT molecular complexity index is 469. The van der Waals surface area contributed by atoms with Crippen LogP contribution in [0, 0.1) is 13.8 Å². The van der Waals surface area contributed by atoms with Gasteiger partial charge < -0.3 is 9.47 Å². The average molecular weight is 294 g/mol. The van der Waals surface area contributed by atoms with Crippen LogP contribution in [0.3, 0.4) is 0 Å². The molecular formula is C12H17F3N2O3. The third-order valence-electron chi connectivity index (χ3n) is 2.75. The summed E-state index contributed by atoms with van der Waals surface area (Å²) in [5.41, 5.74) is -0.115. The number of rotatable bonds is 7. The van der Waals surface area contributed by atoms with E-state index in [-0.39, 0.29) is 30.1 Å². The molecule has 0 unspecified atom stereocenters. The summed E-state index contributed by atoms with van der Waals surface area (Å²) in [6.07, 6.45) is -4.89. The minimum absolute atomic E-state index is 0.0710. The Morgan fingerprint density at radius 2 is 1.90 bits per heavy atom. The van der Waals surface area contributed by atoms with E-state index in [0.29, 0.717) is 13.2 Å². The van der Waals surface area contributed by atoms with Crippen molar-refractivity contribution in [3.8, 4) is 0 Å². The van der Waals surface area contributed by atoms with Crippen LogP contribution in [-0.2, 0) is 16.0 Å². The second kappa shape index (κ2) is 6.85. The summed E-state index contributed by atoms with van der Waals surface area (Å²) >= 11 is 0. The van der Waals surface area contributed by atoms with Gasteiger partial charge in [-0.15, -0.1) is 0 Å². The number of ketones is 1. The molecule has 0 fully saturated rings. The molecule has 1 aromatic heterocycles. The van der Waals surface area contributed by atoms with E-state index in [1.165, 1.54) is 18.5 Å². The van der Waals surface area contributed by atoms with Crippen molar-refractivity contribution in [2.75, 3.05) is 26.9 Å². The molecule has 0 spiro atoms. The molecule has 20 heavy (non-hydrogen) atoms. The molecule has 1 aromatic rings. The van der Waals surface area contributed by atoms with Gasteiger partial charge in [0.25, 0.3) is 5.78 Å². The van der Waals surface area contributed by atoms with Gasteiger partial charge in [0.05, 0.1) is 37.6 Å². The lowest BCUT2D eigenvalue weighted by atomic mass is 10.1. The average Bonchev–Trinajstić information content (AvgIpc) is 2.62. The lowest BCUT2D eigenvalue weighted by Crippen LogP contribution is -2.24. The summed E-state index contributed by atoms with van der Waals surface area (Å²) in [5, 5.41) is 3.95. The van der Waals surface area contributed by atoms with Crippen molar-refractivity contribution >= 4 is 5.78 Å². The molecule has 0 aliphatic heterocycles. The molecule has 0 saturated carbocycles. The number of nitrogens with zero attached hydrogens (tertiary/aromatic N) is 2. The number of alkyl halides is 3. The number of aryl methyl sites for hydroxylation is 1. The van der Waals surface area contributed by atoms with E-state index in [2.05, 4.69) is 5.10 Å². The number of methoxy groups -OCH3 is 1. The molecule has 0 aliphatic rings. The first-order valence-electron chi connectivity index (χ1n) is 6.01. The third-order valence-corrected chi connectivity index (χ3v) is 2.75. The Morgan fingerprint density at radius 1 is 1.25 bits per heavy atom. The number of carbonyl (C=O) groups excluding carboxylic acids is 1. The van der Waals surface area contributed by atoms with Crippen LogP contribution in [0.4, 0.5) is 13.2 Å². The SMILES string of the molecule is COCCOCCn1nc(C)c(C(=O)C(F)(F)F)c1C. The molecule has 0 aliphatic carbocycles. The number of Topliss-reactive ketones (excluding diaryl/α,β-unsaturated/α-hetero) is 1. The molecule has 0 bridgehead atoms. The molecule has 0 radical (unpaired) electrons. The highest BCUT2D eigenvalue weighted by atomic mass is 19.4. The highest BCUT2D eigenvalue weighted by molar-refractivity contribution is 6.02. The van der Waals surface area contributed by atoms with Gasteiger partial charge in [-0.3, -0.25) is 9.48 Å². The van der Waals surface area contributed by atoms with Crippen molar-refractivity contribution in [2.45, 2.75) is 26.6 Å². The Labute approximate surface area is 114 Å². The van der Waals surface area contributed by atoms with E-state index in [9.17, 15) is 18.0 Å². The van der Waals surface area contributed by atoms with Crippen LogP contribution in [0.5, 0.6) is 0 Å². The van der Waals surface area contributed by atoms with Gasteiger partial charge in [-0.05, 0) is 13.8 Å². The number of halogens is 3. The van der Waals surface area contributed by atoms with Gasteiger partial charge in [-0.2, -0.15) is 18.3 Å². The fourth-order valence-electron chi connectivity index (χ4n) is 1.78. The predicted molar refractivity (Wildman–Crippen MR) is 64.8 cm³/mol. The Balaban J connectivity index is 2.74. The van der Waals surface area contributed by atoms with Crippen LogP contribution in [0.15, 0.2) is 0 Å². The maximum absolute atomic E-state index is 12.5. The van der Waals surface area contributed by atoms with Crippen LogP contribution in [0.2, 0.25) is 0 Å². The summed E-state index contributed by atoms with van der Waals surface area (Å²) in [5.74, 6) is -1.86.